The van der Waals surface area contributed by atoms with Crippen molar-refractivity contribution < 1.29 is 9.94 Å². The fourth-order valence-corrected chi connectivity index (χ4v) is 0.794. The first-order valence-corrected chi connectivity index (χ1v) is 4.02. The van der Waals surface area contributed by atoms with Crippen molar-refractivity contribution in [3.8, 4) is 5.75 Å². The lowest BCUT2D eigenvalue weighted by atomic mass is 10.2. The number of phenols is 1. The van der Waals surface area contributed by atoms with E-state index in [1.54, 1.807) is 18.2 Å². The lowest BCUT2D eigenvalue weighted by Crippen LogP contribution is -2.06. The zero-order valence-electron chi connectivity index (χ0n) is 7.40. The van der Waals surface area contributed by atoms with Gasteiger partial charge in [0.2, 0.25) is 0 Å². The zero-order valence-corrected chi connectivity index (χ0v) is 7.40. The van der Waals surface area contributed by atoms with Crippen LogP contribution in [0.2, 0.25) is 0 Å². The molecule has 0 atom stereocenters. The van der Waals surface area contributed by atoms with Crippen LogP contribution >= 0.6 is 0 Å². The normalized spacial score (nSPS) is 10.5. The van der Waals surface area contributed by atoms with Gasteiger partial charge >= 0.3 is 0 Å². The van der Waals surface area contributed by atoms with E-state index in [-0.39, 0.29) is 5.75 Å². The van der Waals surface area contributed by atoms with Crippen molar-refractivity contribution in [2.45, 2.75) is 6.92 Å². The summed E-state index contributed by atoms with van der Waals surface area (Å²) in [5, 5.41) is 13.0. The molecule has 0 aliphatic heterocycles. The molecule has 0 heterocycles. The van der Waals surface area contributed by atoms with Gasteiger partial charge in [0, 0.05) is 5.56 Å². The number of hydrazone groups is 1. The summed E-state index contributed by atoms with van der Waals surface area (Å²) in [6.07, 6.45) is 1.49. The van der Waals surface area contributed by atoms with Crippen LogP contribution in [-0.2, 0) is 4.84 Å². The van der Waals surface area contributed by atoms with Crippen molar-refractivity contribution in [3.05, 3.63) is 29.8 Å². The molecule has 0 radical (unpaired) electrons. The highest BCUT2D eigenvalue weighted by molar-refractivity contribution is 5.82. The van der Waals surface area contributed by atoms with Crippen LogP contribution in [0.5, 0.6) is 5.75 Å². The highest BCUT2D eigenvalue weighted by Gasteiger charge is 1.93. The van der Waals surface area contributed by atoms with Gasteiger partial charge in [-0.1, -0.05) is 12.1 Å². The van der Waals surface area contributed by atoms with Crippen molar-refractivity contribution in [3.63, 3.8) is 0 Å². The second-order valence-electron chi connectivity index (χ2n) is 2.34. The predicted octanol–water partition coefficient (Wildman–Crippen LogP) is 1.27. The zero-order chi connectivity index (χ0) is 9.52. The third kappa shape index (κ3) is 3.13. The van der Waals surface area contributed by atoms with Gasteiger partial charge in [-0.3, -0.25) is 4.84 Å². The molecule has 1 aromatic carbocycles. The van der Waals surface area contributed by atoms with Crippen molar-refractivity contribution in [1.82, 2.24) is 5.59 Å². The number of benzene rings is 1. The maximum Gasteiger partial charge on any atom is 0.124 e. The lowest BCUT2D eigenvalue weighted by molar-refractivity contribution is 0.0536. The largest absolute Gasteiger partial charge is 0.507 e. The summed E-state index contributed by atoms with van der Waals surface area (Å²) in [5.41, 5.74) is 3.02. The Labute approximate surface area is 76.8 Å². The summed E-state index contributed by atoms with van der Waals surface area (Å²) in [7, 11) is 0. The molecule has 0 aliphatic carbocycles. The Hall–Kier alpha value is -1.55. The Morgan fingerprint density at radius 1 is 1.54 bits per heavy atom. The third-order valence-corrected chi connectivity index (χ3v) is 1.40. The smallest absolute Gasteiger partial charge is 0.124 e. The first kappa shape index (κ1) is 9.54. The van der Waals surface area contributed by atoms with Gasteiger partial charge in [0.05, 0.1) is 12.8 Å². The van der Waals surface area contributed by atoms with E-state index in [4.69, 9.17) is 4.84 Å². The summed E-state index contributed by atoms with van der Waals surface area (Å²) in [6.45, 7) is 2.39. The minimum atomic E-state index is 0.199. The summed E-state index contributed by atoms with van der Waals surface area (Å²) >= 11 is 0. The van der Waals surface area contributed by atoms with Gasteiger partial charge in [0.15, 0.2) is 0 Å². The topological polar surface area (TPSA) is 53.8 Å². The minimum Gasteiger partial charge on any atom is -0.507 e. The second-order valence-corrected chi connectivity index (χ2v) is 2.34. The van der Waals surface area contributed by atoms with Gasteiger partial charge in [-0.15, -0.1) is 0 Å². The van der Waals surface area contributed by atoms with Crippen LogP contribution in [0.25, 0.3) is 0 Å². The number of para-hydroxylation sites is 1. The van der Waals surface area contributed by atoms with E-state index in [0.717, 1.165) is 0 Å². The average molecular weight is 180 g/mol. The fourth-order valence-electron chi connectivity index (χ4n) is 0.794. The van der Waals surface area contributed by atoms with Gasteiger partial charge < -0.3 is 5.11 Å². The van der Waals surface area contributed by atoms with Gasteiger partial charge in [-0.2, -0.15) is 10.7 Å². The number of hydrogen-bond donors (Lipinski definition) is 2. The van der Waals surface area contributed by atoms with E-state index in [9.17, 15) is 5.11 Å². The molecular weight excluding hydrogens is 168 g/mol. The molecule has 1 aromatic rings. The average Bonchev–Trinajstić information content (AvgIpc) is 2.15. The van der Waals surface area contributed by atoms with Crippen LogP contribution in [-0.4, -0.2) is 17.9 Å². The monoisotopic (exact) mass is 180 g/mol. The van der Waals surface area contributed by atoms with Crippen molar-refractivity contribution in [1.29, 1.82) is 0 Å². The van der Waals surface area contributed by atoms with Crippen LogP contribution in [0.4, 0.5) is 0 Å². The predicted molar refractivity (Wildman–Crippen MR) is 50.5 cm³/mol. The highest BCUT2D eigenvalue weighted by atomic mass is 16.7. The van der Waals surface area contributed by atoms with Crippen molar-refractivity contribution in [2.75, 3.05) is 6.61 Å². The van der Waals surface area contributed by atoms with E-state index < -0.39 is 0 Å². The standard InChI is InChI=1S/C9H12N2O2/c1-2-13-11-10-7-8-5-3-4-6-9(8)12/h3-7,11-12H,2H2,1H3/b10-7+. The quantitative estimate of drug-likeness (QED) is 0.416. The molecule has 1 rings (SSSR count). The van der Waals surface area contributed by atoms with E-state index in [0.29, 0.717) is 12.2 Å². The Balaban J connectivity index is 2.53. The van der Waals surface area contributed by atoms with Gasteiger partial charge in [-0.05, 0) is 19.1 Å². The molecule has 0 spiro atoms. The molecule has 0 saturated carbocycles. The van der Waals surface area contributed by atoms with Crippen molar-refractivity contribution in [2.24, 2.45) is 5.10 Å². The first-order chi connectivity index (χ1) is 6.34. The fraction of sp³-hybridized carbons (Fsp3) is 0.222. The Bertz CT molecular complexity index is 287. The second kappa shape index (κ2) is 5.16. The van der Waals surface area contributed by atoms with Crippen LogP contribution in [0.15, 0.2) is 29.4 Å². The van der Waals surface area contributed by atoms with Crippen LogP contribution < -0.4 is 5.59 Å². The van der Waals surface area contributed by atoms with Crippen molar-refractivity contribution >= 4 is 6.21 Å². The molecule has 0 bridgehead atoms. The number of nitrogens with zero attached hydrogens (tertiary/aromatic N) is 1. The molecule has 4 nitrogen and oxygen atoms in total. The maximum atomic E-state index is 9.31. The minimum absolute atomic E-state index is 0.199. The molecule has 0 aromatic heterocycles. The van der Waals surface area contributed by atoms with Crippen LogP contribution in [0.3, 0.4) is 0 Å². The molecule has 70 valence electrons. The van der Waals surface area contributed by atoms with Crippen LogP contribution in [0, 0.1) is 0 Å². The lowest BCUT2D eigenvalue weighted by Gasteiger charge is -1.98. The summed E-state index contributed by atoms with van der Waals surface area (Å²) < 4.78 is 0. The van der Waals surface area contributed by atoms with E-state index >= 15 is 0 Å². The van der Waals surface area contributed by atoms with Gasteiger partial charge in [-0.25, -0.2) is 0 Å². The summed E-state index contributed by atoms with van der Waals surface area (Å²) in [5.74, 6) is 0.199. The van der Waals surface area contributed by atoms with E-state index in [1.807, 2.05) is 13.0 Å². The molecule has 2 N–H and O–H groups in total. The Morgan fingerprint density at radius 3 is 3.00 bits per heavy atom. The molecule has 13 heavy (non-hydrogen) atoms. The van der Waals surface area contributed by atoms with E-state index in [2.05, 4.69) is 10.7 Å². The molecule has 0 amide bonds. The Kier molecular flexibility index (Phi) is 3.78. The molecule has 0 unspecified atom stereocenters. The number of phenolic OH excluding ortho intramolecular Hbond substituents is 1. The van der Waals surface area contributed by atoms with Crippen LogP contribution in [0.1, 0.15) is 12.5 Å². The SMILES string of the molecule is CCON/N=C/c1ccccc1O. The van der Waals surface area contributed by atoms with Gasteiger partial charge in [0.25, 0.3) is 0 Å². The maximum absolute atomic E-state index is 9.31. The molecule has 0 saturated heterocycles. The molecule has 0 fully saturated rings. The number of aromatic hydroxyl groups is 1. The first-order valence-electron chi connectivity index (χ1n) is 4.02. The number of rotatable bonds is 4. The third-order valence-electron chi connectivity index (χ3n) is 1.40. The summed E-state index contributed by atoms with van der Waals surface area (Å²) in [4.78, 5) is 4.77. The summed E-state index contributed by atoms with van der Waals surface area (Å²) in [6, 6.07) is 6.93. The number of hydrogen-bond acceptors (Lipinski definition) is 4. The Morgan fingerprint density at radius 2 is 2.31 bits per heavy atom. The van der Waals surface area contributed by atoms with E-state index in [1.165, 1.54) is 6.21 Å². The molecular formula is C9H12N2O2. The van der Waals surface area contributed by atoms with Gasteiger partial charge in [0.1, 0.15) is 5.75 Å². The molecule has 4 heteroatoms. The molecule has 0 aliphatic rings. The highest BCUT2D eigenvalue weighted by Crippen LogP contribution is 2.12. The number of nitrogens with one attached hydrogen (secondary N) is 1.